The van der Waals surface area contributed by atoms with Crippen LogP contribution in [-0.2, 0) is 19.3 Å². The maximum Gasteiger partial charge on any atom is 0.243 e. The summed E-state index contributed by atoms with van der Waals surface area (Å²) >= 11 is 0. The van der Waals surface area contributed by atoms with Crippen molar-refractivity contribution >= 4 is 33.9 Å². The van der Waals surface area contributed by atoms with Gasteiger partial charge >= 0.3 is 0 Å². The number of benzene rings is 4. The highest BCUT2D eigenvalue weighted by Gasteiger charge is 2.38. The molecule has 1 fully saturated rings. The lowest BCUT2D eigenvalue weighted by atomic mass is 10.2. The highest BCUT2D eigenvalue weighted by Crippen LogP contribution is 2.53. The van der Waals surface area contributed by atoms with E-state index in [2.05, 4.69) is 0 Å². The summed E-state index contributed by atoms with van der Waals surface area (Å²) in [7, 11) is -7.32. The summed E-state index contributed by atoms with van der Waals surface area (Å²) in [6.07, 6.45) is 1.70. The first-order valence-electron chi connectivity index (χ1n) is 12.5. The molecule has 1 heterocycles. The molecule has 1 saturated heterocycles. The van der Waals surface area contributed by atoms with E-state index in [1.165, 1.54) is 4.31 Å². The van der Waals surface area contributed by atoms with Crippen molar-refractivity contribution in [2.24, 2.45) is 0 Å². The Bertz CT molecular complexity index is 1510. The molecule has 5 nitrogen and oxygen atoms in total. The lowest BCUT2D eigenvalue weighted by Crippen LogP contribution is -2.37. The van der Waals surface area contributed by atoms with Gasteiger partial charge in [-0.3, -0.25) is 0 Å². The summed E-state index contributed by atoms with van der Waals surface area (Å²) in [5, 5.41) is 1.85. The number of nitrogens with zero attached hydrogens (tertiary/aromatic N) is 1. The standard InChI is InChI=1S/C31H30NO4PS/c1-25-17-19-31(20-18-25)38(34,35)32(22-27-24-36-27)23-30(21-26-11-5-2-6-12-26)37(33,28-13-7-3-8-14-28)29-15-9-4-10-16-29/h2-21,27H,22-24H2,1H3/b30-21+. The molecule has 0 radical (unpaired) electrons. The Morgan fingerprint density at radius 1 is 0.842 bits per heavy atom. The van der Waals surface area contributed by atoms with Crippen molar-refractivity contribution in [1.29, 1.82) is 0 Å². The summed E-state index contributed by atoms with van der Waals surface area (Å²) in [6.45, 7) is 2.58. The van der Waals surface area contributed by atoms with E-state index in [0.717, 1.165) is 11.1 Å². The summed E-state index contributed by atoms with van der Waals surface area (Å²) < 4.78 is 50.1. The molecule has 1 aliphatic heterocycles. The van der Waals surface area contributed by atoms with Gasteiger partial charge < -0.3 is 9.30 Å². The third-order valence-corrected chi connectivity index (χ3v) is 11.5. The minimum atomic E-state index is -3.89. The summed E-state index contributed by atoms with van der Waals surface area (Å²) in [4.78, 5) is 0.206. The minimum Gasteiger partial charge on any atom is -0.372 e. The molecule has 1 unspecified atom stereocenters. The van der Waals surface area contributed by atoms with E-state index in [9.17, 15) is 8.42 Å². The molecule has 38 heavy (non-hydrogen) atoms. The molecule has 0 aromatic heterocycles. The van der Waals surface area contributed by atoms with Gasteiger partial charge in [0, 0.05) is 29.0 Å². The second-order valence-electron chi connectivity index (χ2n) is 9.39. The first-order chi connectivity index (χ1) is 18.4. The summed E-state index contributed by atoms with van der Waals surface area (Å²) in [5.74, 6) is 0. The molecule has 194 valence electrons. The van der Waals surface area contributed by atoms with Crippen molar-refractivity contribution in [2.75, 3.05) is 19.7 Å². The number of epoxide rings is 1. The lowest BCUT2D eigenvalue weighted by Gasteiger charge is -2.28. The zero-order valence-corrected chi connectivity index (χ0v) is 22.9. The molecule has 0 bridgehead atoms. The Balaban J connectivity index is 1.68. The fourth-order valence-corrected chi connectivity index (χ4v) is 8.81. The van der Waals surface area contributed by atoms with Gasteiger partial charge in [-0.05, 0) is 30.7 Å². The van der Waals surface area contributed by atoms with Crippen molar-refractivity contribution < 1.29 is 17.7 Å². The van der Waals surface area contributed by atoms with Crippen molar-refractivity contribution in [2.45, 2.75) is 17.9 Å². The molecule has 0 amide bonds. The van der Waals surface area contributed by atoms with Gasteiger partial charge in [0.05, 0.1) is 17.6 Å². The molecule has 7 heteroatoms. The Morgan fingerprint density at radius 3 is 1.84 bits per heavy atom. The van der Waals surface area contributed by atoms with E-state index in [-0.39, 0.29) is 24.1 Å². The maximum atomic E-state index is 15.3. The molecule has 1 aliphatic rings. The van der Waals surface area contributed by atoms with Crippen LogP contribution >= 0.6 is 7.14 Å². The molecule has 1 atom stereocenters. The molecule has 5 rings (SSSR count). The molecule has 4 aromatic rings. The second kappa shape index (κ2) is 11.2. The predicted molar refractivity (Wildman–Crippen MR) is 154 cm³/mol. The van der Waals surface area contributed by atoms with E-state index >= 15 is 4.57 Å². The Morgan fingerprint density at radius 2 is 1.34 bits per heavy atom. The van der Waals surface area contributed by atoms with Gasteiger partial charge in [-0.1, -0.05) is 109 Å². The molecule has 0 spiro atoms. The monoisotopic (exact) mass is 543 g/mol. The number of sulfonamides is 1. The number of ether oxygens (including phenoxy) is 1. The topological polar surface area (TPSA) is 67.0 Å². The van der Waals surface area contributed by atoms with Gasteiger partial charge in [-0.25, -0.2) is 8.42 Å². The van der Waals surface area contributed by atoms with Crippen LogP contribution in [0, 0.1) is 6.92 Å². The van der Waals surface area contributed by atoms with E-state index in [4.69, 9.17) is 4.74 Å². The number of rotatable bonds is 10. The van der Waals surface area contributed by atoms with Crippen LogP contribution in [0.1, 0.15) is 11.1 Å². The van der Waals surface area contributed by atoms with Gasteiger partial charge in [0.25, 0.3) is 0 Å². The predicted octanol–water partition coefficient (Wildman–Crippen LogP) is 5.44. The highest BCUT2D eigenvalue weighted by molar-refractivity contribution is 7.89. The van der Waals surface area contributed by atoms with E-state index in [0.29, 0.717) is 22.5 Å². The van der Waals surface area contributed by atoms with Crippen LogP contribution in [-0.4, -0.2) is 38.5 Å². The Kier molecular flexibility index (Phi) is 7.78. The first-order valence-corrected chi connectivity index (χ1v) is 15.7. The normalized spacial score (nSPS) is 15.9. The minimum absolute atomic E-state index is 0.0357. The third kappa shape index (κ3) is 5.74. The van der Waals surface area contributed by atoms with Crippen LogP contribution in [0.2, 0.25) is 0 Å². The molecular formula is C31H30NO4PS. The molecular weight excluding hydrogens is 513 g/mol. The quantitative estimate of drug-likeness (QED) is 0.197. The average molecular weight is 544 g/mol. The summed E-state index contributed by atoms with van der Waals surface area (Å²) in [6, 6.07) is 35.1. The smallest absolute Gasteiger partial charge is 0.243 e. The number of hydrogen-bond acceptors (Lipinski definition) is 4. The Hall–Kier alpha value is -3.28. The molecule has 0 aliphatic carbocycles. The average Bonchev–Trinajstić information content (AvgIpc) is 3.78. The molecule has 0 saturated carbocycles. The van der Waals surface area contributed by atoms with Crippen LogP contribution in [0.15, 0.2) is 125 Å². The fraction of sp³-hybridized carbons (Fsp3) is 0.161. The van der Waals surface area contributed by atoms with Crippen LogP contribution in [0.3, 0.4) is 0 Å². The van der Waals surface area contributed by atoms with E-state index < -0.39 is 17.2 Å². The number of aryl methyl sites for hydroxylation is 1. The van der Waals surface area contributed by atoms with Gasteiger partial charge in [-0.15, -0.1) is 0 Å². The van der Waals surface area contributed by atoms with Gasteiger partial charge in [0.15, 0.2) is 7.14 Å². The first kappa shape index (κ1) is 26.3. The van der Waals surface area contributed by atoms with Crippen molar-refractivity contribution in [1.82, 2.24) is 4.31 Å². The maximum absolute atomic E-state index is 15.3. The molecule has 0 N–H and O–H groups in total. The zero-order valence-electron chi connectivity index (χ0n) is 21.2. The van der Waals surface area contributed by atoms with Crippen molar-refractivity contribution in [3.63, 3.8) is 0 Å². The van der Waals surface area contributed by atoms with Crippen molar-refractivity contribution in [3.05, 3.63) is 132 Å². The van der Waals surface area contributed by atoms with E-state index in [1.54, 1.807) is 24.3 Å². The number of hydrogen-bond donors (Lipinski definition) is 0. The van der Waals surface area contributed by atoms with Crippen LogP contribution in [0.25, 0.3) is 6.08 Å². The van der Waals surface area contributed by atoms with Gasteiger partial charge in [0.1, 0.15) is 0 Å². The second-order valence-corrected chi connectivity index (χ2v) is 14.2. The lowest BCUT2D eigenvalue weighted by molar-refractivity contribution is 0.347. The SMILES string of the molecule is Cc1ccc(S(=O)(=O)N(C/C(=C\c2ccccc2)P(=O)(c2ccccc2)c2ccccc2)CC2CO2)cc1. The van der Waals surface area contributed by atoms with Crippen molar-refractivity contribution in [3.8, 4) is 0 Å². The molecule has 4 aromatic carbocycles. The fourth-order valence-electron chi connectivity index (χ4n) is 4.42. The highest BCUT2D eigenvalue weighted by atomic mass is 32.2. The van der Waals surface area contributed by atoms with Gasteiger partial charge in [0.2, 0.25) is 10.0 Å². The van der Waals surface area contributed by atoms with Gasteiger partial charge in [-0.2, -0.15) is 4.31 Å². The van der Waals surface area contributed by atoms with Crippen LogP contribution < -0.4 is 10.6 Å². The zero-order chi connectivity index (χ0) is 26.6. The van der Waals surface area contributed by atoms with Crippen LogP contribution in [0.4, 0.5) is 0 Å². The van der Waals surface area contributed by atoms with E-state index in [1.807, 2.05) is 104 Å². The van der Waals surface area contributed by atoms with Crippen LogP contribution in [0.5, 0.6) is 0 Å². The summed E-state index contributed by atoms with van der Waals surface area (Å²) in [5.41, 5.74) is 1.83. The largest absolute Gasteiger partial charge is 0.372 e. The Labute approximate surface area is 224 Å². The third-order valence-electron chi connectivity index (χ3n) is 6.58.